The zero-order valence-electron chi connectivity index (χ0n) is 15.5. The van der Waals surface area contributed by atoms with Crippen LogP contribution in [0.1, 0.15) is 29.9 Å². The Bertz CT molecular complexity index is 887. The van der Waals surface area contributed by atoms with Crippen molar-refractivity contribution in [2.24, 2.45) is 0 Å². The van der Waals surface area contributed by atoms with Gasteiger partial charge in [-0.3, -0.25) is 9.78 Å². The zero-order valence-corrected chi connectivity index (χ0v) is 16.3. The van der Waals surface area contributed by atoms with Crippen molar-refractivity contribution >= 4 is 33.4 Å². The SMILES string of the molecule is CC.COCCNC(=O)c1nc(NCc2cncc(F)c2)nc2ccsc12. The van der Waals surface area contributed by atoms with E-state index in [1.165, 1.54) is 17.4 Å². The minimum atomic E-state index is -0.410. The number of hydrogen-bond acceptors (Lipinski definition) is 7. The first kappa shape index (κ1) is 20.7. The Morgan fingerprint density at radius 3 is 2.85 bits per heavy atom. The molecule has 9 heteroatoms. The van der Waals surface area contributed by atoms with E-state index in [1.54, 1.807) is 13.3 Å². The Morgan fingerprint density at radius 2 is 2.11 bits per heavy atom. The number of fused-ring (bicyclic) bond motifs is 1. The van der Waals surface area contributed by atoms with Crippen molar-refractivity contribution in [1.82, 2.24) is 20.3 Å². The molecule has 0 saturated heterocycles. The summed E-state index contributed by atoms with van der Waals surface area (Å²) in [5.41, 5.74) is 1.63. The Balaban J connectivity index is 0.00000126. The molecule has 0 aliphatic heterocycles. The molecule has 0 aliphatic carbocycles. The summed E-state index contributed by atoms with van der Waals surface area (Å²) in [4.78, 5) is 24.9. The van der Waals surface area contributed by atoms with Gasteiger partial charge in [0.25, 0.3) is 5.91 Å². The number of carbonyl (C=O) groups is 1. The predicted octanol–water partition coefficient (Wildman–Crippen LogP) is 3.24. The van der Waals surface area contributed by atoms with Crippen LogP contribution in [0.3, 0.4) is 0 Å². The van der Waals surface area contributed by atoms with E-state index in [0.29, 0.717) is 47.1 Å². The third kappa shape index (κ3) is 5.66. The van der Waals surface area contributed by atoms with Crippen LogP contribution in [0.25, 0.3) is 10.2 Å². The monoisotopic (exact) mass is 391 g/mol. The van der Waals surface area contributed by atoms with Crippen LogP contribution in [-0.2, 0) is 11.3 Å². The summed E-state index contributed by atoms with van der Waals surface area (Å²) in [6.07, 6.45) is 2.69. The smallest absolute Gasteiger partial charge is 0.271 e. The number of pyridine rings is 1. The van der Waals surface area contributed by atoms with Crippen LogP contribution in [0, 0.1) is 5.82 Å². The van der Waals surface area contributed by atoms with Gasteiger partial charge in [0.05, 0.1) is 23.0 Å². The first-order chi connectivity index (χ1) is 13.2. The second-order valence-corrected chi connectivity index (χ2v) is 6.06. The quantitative estimate of drug-likeness (QED) is 0.601. The van der Waals surface area contributed by atoms with Crippen LogP contribution in [0.5, 0.6) is 0 Å². The molecule has 3 heterocycles. The second-order valence-electron chi connectivity index (χ2n) is 5.14. The van der Waals surface area contributed by atoms with Crippen molar-refractivity contribution < 1.29 is 13.9 Å². The van der Waals surface area contributed by atoms with Crippen molar-refractivity contribution in [3.63, 3.8) is 0 Å². The molecule has 27 heavy (non-hydrogen) atoms. The molecule has 0 unspecified atom stereocenters. The predicted molar refractivity (Wildman–Crippen MR) is 104 cm³/mol. The fourth-order valence-electron chi connectivity index (χ4n) is 2.18. The number of carbonyl (C=O) groups excluding carboxylic acids is 1. The Hall–Kier alpha value is -2.65. The molecule has 3 aromatic heterocycles. The lowest BCUT2D eigenvalue weighted by molar-refractivity contribution is 0.0934. The maximum atomic E-state index is 13.2. The summed E-state index contributed by atoms with van der Waals surface area (Å²) in [7, 11) is 1.57. The summed E-state index contributed by atoms with van der Waals surface area (Å²) in [5.74, 6) is -0.402. The van der Waals surface area contributed by atoms with Crippen LogP contribution in [0.4, 0.5) is 10.3 Å². The molecular weight excluding hydrogens is 369 g/mol. The Labute approximate surface area is 161 Å². The molecule has 0 bridgehead atoms. The van der Waals surface area contributed by atoms with Gasteiger partial charge in [0, 0.05) is 26.4 Å². The topological polar surface area (TPSA) is 89.0 Å². The molecule has 0 aliphatic rings. The van der Waals surface area contributed by atoms with Gasteiger partial charge in [0.1, 0.15) is 5.82 Å². The number of amides is 1. The Kier molecular flexibility index (Phi) is 8.02. The average Bonchev–Trinajstić information content (AvgIpc) is 3.16. The highest BCUT2D eigenvalue weighted by molar-refractivity contribution is 7.17. The van der Waals surface area contributed by atoms with Crippen LogP contribution >= 0.6 is 11.3 Å². The summed E-state index contributed by atoms with van der Waals surface area (Å²) < 4.78 is 18.8. The molecule has 3 aromatic rings. The third-order valence-corrected chi connectivity index (χ3v) is 4.23. The van der Waals surface area contributed by atoms with Gasteiger partial charge in [-0.25, -0.2) is 14.4 Å². The van der Waals surface area contributed by atoms with Gasteiger partial charge < -0.3 is 15.4 Å². The minimum absolute atomic E-state index is 0.289. The molecular formula is C18H22FN5O2S. The molecule has 3 rings (SSSR count). The van der Waals surface area contributed by atoms with E-state index in [0.717, 1.165) is 6.20 Å². The first-order valence-corrected chi connectivity index (χ1v) is 9.41. The highest BCUT2D eigenvalue weighted by Gasteiger charge is 2.16. The molecule has 2 N–H and O–H groups in total. The molecule has 7 nitrogen and oxygen atoms in total. The number of methoxy groups -OCH3 is 1. The molecule has 0 radical (unpaired) electrons. The number of halogens is 1. The summed E-state index contributed by atoms with van der Waals surface area (Å²) in [6.45, 7) is 5.11. The Morgan fingerprint density at radius 1 is 1.30 bits per heavy atom. The standard InChI is InChI=1S/C16H16FN5O2S.C2H6/c1-24-4-3-19-15(23)13-14-12(2-5-25-14)21-16(22-13)20-8-10-6-11(17)9-18-7-10;1-2/h2,5-7,9H,3-4,8H2,1H3,(H,19,23)(H,20,21,22);1-2H3. The summed E-state index contributed by atoms with van der Waals surface area (Å²) >= 11 is 1.40. The number of rotatable bonds is 7. The van der Waals surface area contributed by atoms with E-state index in [1.807, 2.05) is 25.3 Å². The van der Waals surface area contributed by atoms with Crippen LogP contribution in [-0.4, -0.2) is 41.1 Å². The largest absolute Gasteiger partial charge is 0.383 e. The highest BCUT2D eigenvalue weighted by atomic mass is 32.1. The van der Waals surface area contributed by atoms with E-state index < -0.39 is 5.82 Å². The molecule has 0 saturated carbocycles. The molecule has 1 amide bonds. The lowest BCUT2D eigenvalue weighted by atomic mass is 10.3. The number of hydrogen-bond donors (Lipinski definition) is 2. The van der Waals surface area contributed by atoms with Gasteiger partial charge in [-0.15, -0.1) is 11.3 Å². The van der Waals surface area contributed by atoms with E-state index in [9.17, 15) is 9.18 Å². The van der Waals surface area contributed by atoms with Gasteiger partial charge in [-0.2, -0.15) is 0 Å². The number of anilines is 1. The first-order valence-electron chi connectivity index (χ1n) is 8.53. The molecule has 144 valence electrons. The third-order valence-electron chi connectivity index (χ3n) is 3.32. The zero-order chi connectivity index (χ0) is 19.6. The second kappa shape index (κ2) is 10.5. The van der Waals surface area contributed by atoms with E-state index in [-0.39, 0.29) is 5.91 Å². The van der Waals surface area contributed by atoms with E-state index >= 15 is 0 Å². The highest BCUT2D eigenvalue weighted by Crippen LogP contribution is 2.23. The summed E-state index contributed by atoms with van der Waals surface area (Å²) in [6, 6.07) is 3.20. The number of nitrogens with one attached hydrogen (secondary N) is 2. The average molecular weight is 391 g/mol. The van der Waals surface area contributed by atoms with Gasteiger partial charge in [0.2, 0.25) is 5.95 Å². The van der Waals surface area contributed by atoms with Crippen molar-refractivity contribution in [1.29, 1.82) is 0 Å². The maximum absolute atomic E-state index is 13.2. The number of nitrogens with zero attached hydrogens (tertiary/aromatic N) is 3. The number of ether oxygens (including phenoxy) is 1. The lowest BCUT2D eigenvalue weighted by Crippen LogP contribution is -2.28. The van der Waals surface area contributed by atoms with Gasteiger partial charge in [0.15, 0.2) is 5.69 Å². The van der Waals surface area contributed by atoms with Crippen molar-refractivity contribution in [2.75, 3.05) is 25.6 Å². The molecule has 0 atom stereocenters. The van der Waals surface area contributed by atoms with E-state index in [4.69, 9.17) is 4.74 Å². The molecule has 0 aromatic carbocycles. The van der Waals surface area contributed by atoms with E-state index in [2.05, 4.69) is 25.6 Å². The van der Waals surface area contributed by atoms with Gasteiger partial charge in [-0.05, 0) is 23.1 Å². The van der Waals surface area contributed by atoms with Crippen molar-refractivity contribution in [3.05, 3.63) is 47.0 Å². The number of thiophene rings is 1. The number of aromatic nitrogens is 3. The summed E-state index contributed by atoms with van der Waals surface area (Å²) in [5, 5.41) is 7.61. The minimum Gasteiger partial charge on any atom is -0.383 e. The fraction of sp³-hybridized carbons (Fsp3) is 0.333. The lowest BCUT2D eigenvalue weighted by Gasteiger charge is -2.09. The fourth-order valence-corrected chi connectivity index (χ4v) is 3.00. The molecule has 0 fully saturated rings. The van der Waals surface area contributed by atoms with Crippen molar-refractivity contribution in [2.45, 2.75) is 20.4 Å². The molecule has 0 spiro atoms. The van der Waals surface area contributed by atoms with Crippen molar-refractivity contribution in [3.8, 4) is 0 Å². The van der Waals surface area contributed by atoms with Crippen LogP contribution in [0.15, 0.2) is 29.9 Å². The van der Waals surface area contributed by atoms with Gasteiger partial charge in [-0.1, -0.05) is 13.8 Å². The maximum Gasteiger partial charge on any atom is 0.271 e. The van der Waals surface area contributed by atoms with Crippen LogP contribution < -0.4 is 10.6 Å². The normalized spacial score (nSPS) is 10.2. The van der Waals surface area contributed by atoms with Crippen LogP contribution in [0.2, 0.25) is 0 Å². The van der Waals surface area contributed by atoms with Gasteiger partial charge >= 0.3 is 0 Å².